The number of aromatic nitrogens is 2. The molecule has 146 valence electrons. The molecule has 1 aromatic heterocycles. The van der Waals surface area contributed by atoms with Crippen molar-refractivity contribution >= 4 is 23.4 Å². The number of nitrogens with zero attached hydrogens (tertiary/aromatic N) is 2. The van der Waals surface area contributed by atoms with Crippen molar-refractivity contribution < 1.29 is 9.59 Å². The van der Waals surface area contributed by atoms with Gasteiger partial charge in [-0.15, -0.1) is 11.6 Å². The lowest BCUT2D eigenvalue weighted by atomic mass is 9.89. The number of halogens is 1. The third-order valence-electron chi connectivity index (χ3n) is 5.06. The summed E-state index contributed by atoms with van der Waals surface area (Å²) in [7, 11) is 0. The summed E-state index contributed by atoms with van der Waals surface area (Å²) in [4.78, 5) is 24.6. The lowest BCUT2D eigenvalue weighted by molar-refractivity contribution is -0.120. The predicted octanol–water partition coefficient (Wildman–Crippen LogP) is 3.12. The number of hydrogen-bond acceptors (Lipinski definition) is 3. The summed E-state index contributed by atoms with van der Waals surface area (Å²) in [5.41, 5.74) is 0.827. The summed E-state index contributed by atoms with van der Waals surface area (Å²) in [5, 5.41) is 10.5. The zero-order valence-corrected chi connectivity index (χ0v) is 17.1. The Morgan fingerprint density at radius 1 is 1.23 bits per heavy atom. The molecule has 0 atom stereocenters. The summed E-state index contributed by atoms with van der Waals surface area (Å²) in [5.74, 6) is -0.394. The molecule has 2 amide bonds. The smallest absolute Gasteiger partial charge is 0.254 e. The summed E-state index contributed by atoms with van der Waals surface area (Å²) >= 11 is 5.69. The zero-order valence-electron chi connectivity index (χ0n) is 16.3. The van der Waals surface area contributed by atoms with E-state index in [-0.39, 0.29) is 23.2 Å². The SMILES string of the molecule is Cc1c(C(=O)NCC2(NC(=O)CCl)CCCCCC2)cnn1C(C)(C)C. The minimum absolute atomic E-state index is 0.0623. The second kappa shape index (κ2) is 8.42. The number of carbonyl (C=O) groups excluding carboxylic acids is 2. The van der Waals surface area contributed by atoms with Crippen LogP contribution in [-0.4, -0.2) is 39.6 Å². The van der Waals surface area contributed by atoms with Crippen molar-refractivity contribution in [3.05, 3.63) is 17.5 Å². The van der Waals surface area contributed by atoms with Gasteiger partial charge in [0.15, 0.2) is 0 Å². The van der Waals surface area contributed by atoms with Crippen LogP contribution < -0.4 is 10.6 Å². The molecule has 1 fully saturated rings. The fourth-order valence-electron chi connectivity index (χ4n) is 3.73. The minimum atomic E-state index is -0.411. The molecule has 7 heteroatoms. The molecule has 1 aliphatic carbocycles. The highest BCUT2D eigenvalue weighted by Gasteiger charge is 2.33. The average Bonchev–Trinajstić information content (AvgIpc) is 2.83. The van der Waals surface area contributed by atoms with E-state index in [1.54, 1.807) is 6.20 Å². The first-order chi connectivity index (χ1) is 12.2. The van der Waals surface area contributed by atoms with Crippen LogP contribution in [0, 0.1) is 6.92 Å². The molecule has 0 spiro atoms. The summed E-state index contributed by atoms with van der Waals surface area (Å²) < 4.78 is 1.86. The molecule has 2 rings (SSSR count). The second-order valence-electron chi connectivity index (χ2n) is 8.29. The Labute approximate surface area is 161 Å². The molecule has 1 aromatic rings. The van der Waals surface area contributed by atoms with Crippen molar-refractivity contribution in [3.8, 4) is 0 Å². The van der Waals surface area contributed by atoms with E-state index in [1.165, 1.54) is 0 Å². The van der Waals surface area contributed by atoms with Gasteiger partial charge in [-0.1, -0.05) is 25.7 Å². The molecule has 6 nitrogen and oxygen atoms in total. The Morgan fingerprint density at radius 3 is 2.35 bits per heavy atom. The van der Waals surface area contributed by atoms with Crippen LogP contribution in [0.5, 0.6) is 0 Å². The Bertz CT molecular complexity index is 640. The van der Waals surface area contributed by atoms with Gasteiger partial charge in [0.2, 0.25) is 5.91 Å². The van der Waals surface area contributed by atoms with Gasteiger partial charge < -0.3 is 10.6 Å². The monoisotopic (exact) mass is 382 g/mol. The van der Waals surface area contributed by atoms with Crippen molar-refractivity contribution in [3.63, 3.8) is 0 Å². The largest absolute Gasteiger partial charge is 0.350 e. The second-order valence-corrected chi connectivity index (χ2v) is 8.55. The van der Waals surface area contributed by atoms with Crippen LogP contribution in [0.15, 0.2) is 6.20 Å². The maximum atomic E-state index is 12.7. The van der Waals surface area contributed by atoms with Crippen molar-refractivity contribution in [2.24, 2.45) is 0 Å². The van der Waals surface area contributed by atoms with E-state index in [0.717, 1.165) is 44.2 Å². The van der Waals surface area contributed by atoms with E-state index in [1.807, 2.05) is 11.6 Å². The third kappa shape index (κ3) is 5.00. The van der Waals surface area contributed by atoms with Gasteiger partial charge in [0.05, 0.1) is 22.8 Å². The molecule has 1 heterocycles. The highest BCUT2D eigenvalue weighted by molar-refractivity contribution is 6.27. The van der Waals surface area contributed by atoms with E-state index in [0.29, 0.717) is 12.1 Å². The van der Waals surface area contributed by atoms with Gasteiger partial charge in [-0.2, -0.15) is 5.10 Å². The average molecular weight is 383 g/mol. The van der Waals surface area contributed by atoms with E-state index in [9.17, 15) is 9.59 Å². The molecular weight excluding hydrogens is 352 g/mol. The van der Waals surface area contributed by atoms with Gasteiger partial charge in [-0.25, -0.2) is 0 Å². The molecular formula is C19H31ClN4O2. The molecule has 0 aromatic carbocycles. The highest BCUT2D eigenvalue weighted by atomic mass is 35.5. The molecule has 2 N–H and O–H groups in total. The van der Waals surface area contributed by atoms with Crippen LogP contribution in [0.1, 0.15) is 75.3 Å². The fourth-order valence-corrected chi connectivity index (χ4v) is 3.80. The van der Waals surface area contributed by atoms with Gasteiger partial charge in [0.1, 0.15) is 5.88 Å². The van der Waals surface area contributed by atoms with Crippen molar-refractivity contribution in [2.75, 3.05) is 12.4 Å². The van der Waals surface area contributed by atoms with Crippen molar-refractivity contribution in [1.29, 1.82) is 0 Å². The standard InChI is InChI=1S/C19H31ClN4O2/c1-14-15(12-22-24(14)18(2,3)4)17(26)21-13-19(23-16(25)11-20)9-7-5-6-8-10-19/h12H,5-11,13H2,1-4H3,(H,21,26)(H,23,25). The van der Waals surface area contributed by atoms with Crippen molar-refractivity contribution in [1.82, 2.24) is 20.4 Å². The van der Waals surface area contributed by atoms with Gasteiger partial charge in [-0.05, 0) is 40.5 Å². The molecule has 0 radical (unpaired) electrons. The maximum Gasteiger partial charge on any atom is 0.254 e. The number of amides is 2. The lowest BCUT2D eigenvalue weighted by Crippen LogP contribution is -2.55. The highest BCUT2D eigenvalue weighted by Crippen LogP contribution is 2.27. The minimum Gasteiger partial charge on any atom is -0.350 e. The summed E-state index contributed by atoms with van der Waals surface area (Å²) in [6.07, 6.45) is 7.73. The Kier molecular flexibility index (Phi) is 6.72. The quantitative estimate of drug-likeness (QED) is 0.606. The summed E-state index contributed by atoms with van der Waals surface area (Å²) in [6, 6.07) is 0. The van der Waals surface area contributed by atoms with Gasteiger partial charge in [0.25, 0.3) is 5.91 Å². The Morgan fingerprint density at radius 2 is 1.85 bits per heavy atom. The van der Waals surface area contributed by atoms with Gasteiger partial charge in [0, 0.05) is 12.2 Å². The first kappa shape index (κ1) is 20.7. The van der Waals surface area contributed by atoms with E-state index in [2.05, 4.69) is 36.5 Å². The predicted molar refractivity (Wildman–Crippen MR) is 104 cm³/mol. The third-order valence-corrected chi connectivity index (χ3v) is 5.31. The van der Waals surface area contributed by atoms with Crippen LogP contribution in [0.25, 0.3) is 0 Å². The first-order valence-electron chi connectivity index (χ1n) is 9.39. The van der Waals surface area contributed by atoms with E-state index in [4.69, 9.17) is 11.6 Å². The maximum absolute atomic E-state index is 12.7. The molecule has 0 bridgehead atoms. The Balaban J connectivity index is 2.11. The number of rotatable bonds is 5. The van der Waals surface area contributed by atoms with E-state index < -0.39 is 5.54 Å². The molecule has 0 saturated heterocycles. The number of carbonyl (C=O) groups is 2. The number of nitrogens with one attached hydrogen (secondary N) is 2. The van der Waals surface area contributed by atoms with E-state index >= 15 is 0 Å². The molecule has 1 saturated carbocycles. The zero-order chi connectivity index (χ0) is 19.4. The molecule has 1 aliphatic rings. The lowest BCUT2D eigenvalue weighted by Gasteiger charge is -2.34. The fraction of sp³-hybridized carbons (Fsp3) is 0.737. The van der Waals surface area contributed by atoms with Crippen LogP contribution >= 0.6 is 11.6 Å². The van der Waals surface area contributed by atoms with Crippen LogP contribution in [0.2, 0.25) is 0 Å². The first-order valence-corrected chi connectivity index (χ1v) is 9.92. The van der Waals surface area contributed by atoms with Crippen LogP contribution in [-0.2, 0) is 10.3 Å². The molecule has 26 heavy (non-hydrogen) atoms. The summed E-state index contributed by atoms with van der Waals surface area (Å²) in [6.45, 7) is 8.48. The van der Waals surface area contributed by atoms with Gasteiger partial charge in [-0.3, -0.25) is 14.3 Å². The van der Waals surface area contributed by atoms with Gasteiger partial charge >= 0.3 is 0 Å². The number of hydrogen-bond donors (Lipinski definition) is 2. The molecule has 0 unspecified atom stereocenters. The topological polar surface area (TPSA) is 76.0 Å². The van der Waals surface area contributed by atoms with Crippen LogP contribution in [0.3, 0.4) is 0 Å². The number of alkyl halides is 1. The molecule has 0 aliphatic heterocycles. The Hall–Kier alpha value is -1.56. The van der Waals surface area contributed by atoms with Crippen molar-refractivity contribution in [2.45, 2.75) is 77.3 Å². The normalized spacial score (nSPS) is 17.4. The van der Waals surface area contributed by atoms with Crippen LogP contribution in [0.4, 0.5) is 0 Å².